The molecule has 0 aliphatic carbocycles. The minimum absolute atomic E-state index is 0.251. The number of nitrogens with one attached hydrogen (secondary N) is 2. The van der Waals surface area contributed by atoms with Gasteiger partial charge in [0.05, 0.1) is 41.9 Å². The SMILES string of the molecule is CCn1ncc(Cl)c1CNC(=S)Nc1cnn(Cc2ccccc2F)c1. The minimum atomic E-state index is -0.251. The van der Waals surface area contributed by atoms with E-state index in [0.29, 0.717) is 34.5 Å². The van der Waals surface area contributed by atoms with E-state index in [-0.39, 0.29) is 5.82 Å². The van der Waals surface area contributed by atoms with Crippen molar-refractivity contribution in [3.63, 3.8) is 0 Å². The van der Waals surface area contributed by atoms with Crippen LogP contribution in [0.4, 0.5) is 10.1 Å². The topological polar surface area (TPSA) is 59.7 Å². The van der Waals surface area contributed by atoms with Crippen molar-refractivity contribution in [1.29, 1.82) is 0 Å². The molecule has 3 aromatic rings. The Labute approximate surface area is 161 Å². The van der Waals surface area contributed by atoms with Gasteiger partial charge in [0, 0.05) is 18.3 Å². The standard InChI is InChI=1S/C17H18ClFN6S/c1-2-25-16(14(18)8-22-25)9-20-17(26)23-13-7-21-24(11-13)10-12-5-3-4-6-15(12)19/h3-8,11H,2,9-10H2,1H3,(H2,20,23,26). The lowest BCUT2D eigenvalue weighted by Gasteiger charge is -2.10. The maximum absolute atomic E-state index is 13.7. The van der Waals surface area contributed by atoms with Crippen molar-refractivity contribution in [2.45, 2.75) is 26.6 Å². The summed E-state index contributed by atoms with van der Waals surface area (Å²) in [5.74, 6) is -0.251. The summed E-state index contributed by atoms with van der Waals surface area (Å²) in [6, 6.07) is 6.63. The Kier molecular flexibility index (Phi) is 5.85. The molecular weight excluding hydrogens is 375 g/mol. The largest absolute Gasteiger partial charge is 0.357 e. The Balaban J connectivity index is 1.56. The van der Waals surface area contributed by atoms with Crippen molar-refractivity contribution in [3.05, 3.63) is 65.0 Å². The highest BCUT2D eigenvalue weighted by molar-refractivity contribution is 7.80. The van der Waals surface area contributed by atoms with Gasteiger partial charge < -0.3 is 10.6 Å². The van der Waals surface area contributed by atoms with Crippen LogP contribution in [0.25, 0.3) is 0 Å². The zero-order chi connectivity index (χ0) is 18.5. The molecule has 0 unspecified atom stereocenters. The van der Waals surface area contributed by atoms with E-state index in [0.717, 1.165) is 12.2 Å². The van der Waals surface area contributed by atoms with Gasteiger partial charge in [-0.2, -0.15) is 10.2 Å². The van der Waals surface area contributed by atoms with Crippen LogP contribution in [0, 0.1) is 5.82 Å². The van der Waals surface area contributed by atoms with Gasteiger partial charge >= 0.3 is 0 Å². The normalized spacial score (nSPS) is 10.7. The number of halogens is 2. The van der Waals surface area contributed by atoms with Crippen molar-refractivity contribution in [2.75, 3.05) is 5.32 Å². The maximum Gasteiger partial charge on any atom is 0.171 e. The molecule has 0 radical (unpaired) electrons. The number of benzene rings is 1. The van der Waals surface area contributed by atoms with Crippen LogP contribution in [0.5, 0.6) is 0 Å². The molecule has 26 heavy (non-hydrogen) atoms. The van der Waals surface area contributed by atoms with E-state index in [1.807, 2.05) is 11.6 Å². The van der Waals surface area contributed by atoms with E-state index in [9.17, 15) is 4.39 Å². The summed E-state index contributed by atoms with van der Waals surface area (Å²) in [4.78, 5) is 0. The van der Waals surface area contributed by atoms with Crippen LogP contribution in [-0.2, 0) is 19.6 Å². The number of hydrogen-bond donors (Lipinski definition) is 2. The van der Waals surface area contributed by atoms with E-state index in [1.165, 1.54) is 6.07 Å². The molecule has 0 spiro atoms. The summed E-state index contributed by atoms with van der Waals surface area (Å²) in [5, 5.41) is 15.6. The number of anilines is 1. The lowest BCUT2D eigenvalue weighted by Crippen LogP contribution is -2.28. The van der Waals surface area contributed by atoms with Crippen LogP contribution < -0.4 is 10.6 Å². The first-order valence-corrected chi connectivity index (χ1v) is 8.86. The van der Waals surface area contributed by atoms with Crippen molar-refractivity contribution >= 4 is 34.6 Å². The summed E-state index contributed by atoms with van der Waals surface area (Å²) < 4.78 is 17.2. The molecule has 0 fully saturated rings. The van der Waals surface area contributed by atoms with Gasteiger partial charge in [-0.15, -0.1) is 0 Å². The van der Waals surface area contributed by atoms with Crippen LogP contribution in [0.15, 0.2) is 42.9 Å². The smallest absolute Gasteiger partial charge is 0.171 e. The third-order valence-electron chi connectivity index (χ3n) is 3.79. The van der Waals surface area contributed by atoms with E-state index in [2.05, 4.69) is 20.8 Å². The van der Waals surface area contributed by atoms with Gasteiger partial charge in [-0.05, 0) is 25.2 Å². The molecule has 2 heterocycles. The summed E-state index contributed by atoms with van der Waals surface area (Å²) in [6.07, 6.45) is 5.02. The van der Waals surface area contributed by atoms with Gasteiger partial charge in [0.15, 0.2) is 5.11 Å². The van der Waals surface area contributed by atoms with Gasteiger partial charge in [-0.1, -0.05) is 29.8 Å². The Morgan fingerprint density at radius 2 is 2.08 bits per heavy atom. The van der Waals surface area contributed by atoms with Crippen LogP contribution in [0.3, 0.4) is 0 Å². The van der Waals surface area contributed by atoms with Gasteiger partial charge in [0.1, 0.15) is 5.82 Å². The molecule has 6 nitrogen and oxygen atoms in total. The second-order valence-corrected chi connectivity index (χ2v) is 6.40. The van der Waals surface area contributed by atoms with Crippen LogP contribution in [-0.4, -0.2) is 24.7 Å². The zero-order valence-electron chi connectivity index (χ0n) is 14.1. The summed E-state index contributed by atoms with van der Waals surface area (Å²) >= 11 is 11.4. The molecule has 0 saturated carbocycles. The first-order chi connectivity index (χ1) is 12.6. The first kappa shape index (κ1) is 18.3. The predicted octanol–water partition coefficient (Wildman–Crippen LogP) is 3.43. The highest BCUT2D eigenvalue weighted by Crippen LogP contribution is 2.15. The fourth-order valence-electron chi connectivity index (χ4n) is 2.49. The van der Waals surface area contributed by atoms with Crippen molar-refractivity contribution < 1.29 is 4.39 Å². The average molecular weight is 393 g/mol. The molecule has 0 amide bonds. The Morgan fingerprint density at radius 1 is 1.27 bits per heavy atom. The van der Waals surface area contributed by atoms with E-state index >= 15 is 0 Å². The fraction of sp³-hybridized carbons (Fsp3) is 0.235. The monoisotopic (exact) mass is 392 g/mol. The summed E-state index contributed by atoms with van der Waals surface area (Å²) in [5.41, 5.74) is 2.16. The van der Waals surface area contributed by atoms with Gasteiger partial charge in [0.25, 0.3) is 0 Å². The second-order valence-electron chi connectivity index (χ2n) is 5.58. The molecule has 1 aromatic carbocycles. The quantitative estimate of drug-likeness (QED) is 0.629. The van der Waals surface area contributed by atoms with Crippen LogP contribution in [0.1, 0.15) is 18.2 Å². The zero-order valence-corrected chi connectivity index (χ0v) is 15.7. The van der Waals surface area contributed by atoms with E-state index in [1.54, 1.807) is 41.5 Å². The third-order valence-corrected chi connectivity index (χ3v) is 4.36. The van der Waals surface area contributed by atoms with Crippen LogP contribution in [0.2, 0.25) is 5.02 Å². The number of nitrogens with zero attached hydrogens (tertiary/aromatic N) is 4. The average Bonchev–Trinajstić information content (AvgIpc) is 3.21. The lowest BCUT2D eigenvalue weighted by atomic mass is 10.2. The molecule has 0 bridgehead atoms. The van der Waals surface area contributed by atoms with Crippen molar-refractivity contribution in [2.24, 2.45) is 0 Å². The minimum Gasteiger partial charge on any atom is -0.357 e. The molecule has 136 valence electrons. The number of aryl methyl sites for hydroxylation is 1. The molecule has 9 heteroatoms. The number of thiocarbonyl (C=S) groups is 1. The molecule has 0 aliphatic rings. The van der Waals surface area contributed by atoms with Crippen molar-refractivity contribution in [1.82, 2.24) is 24.9 Å². The van der Waals surface area contributed by atoms with Gasteiger partial charge in [-0.3, -0.25) is 9.36 Å². The molecule has 0 saturated heterocycles. The van der Waals surface area contributed by atoms with Gasteiger partial charge in [-0.25, -0.2) is 4.39 Å². The Morgan fingerprint density at radius 3 is 2.85 bits per heavy atom. The number of rotatable bonds is 6. The molecule has 2 N–H and O–H groups in total. The highest BCUT2D eigenvalue weighted by atomic mass is 35.5. The number of hydrogen-bond acceptors (Lipinski definition) is 3. The predicted molar refractivity (Wildman–Crippen MR) is 104 cm³/mol. The number of aromatic nitrogens is 4. The highest BCUT2D eigenvalue weighted by Gasteiger charge is 2.09. The van der Waals surface area contributed by atoms with E-state index in [4.69, 9.17) is 23.8 Å². The Hall–Kier alpha value is -2.45. The third kappa shape index (κ3) is 4.39. The van der Waals surface area contributed by atoms with Gasteiger partial charge in [0.2, 0.25) is 0 Å². The lowest BCUT2D eigenvalue weighted by molar-refractivity contribution is 0.585. The second kappa shape index (κ2) is 8.29. The molecular formula is C17H18ClFN6S. The van der Waals surface area contributed by atoms with Crippen molar-refractivity contribution in [3.8, 4) is 0 Å². The molecule has 0 atom stereocenters. The summed E-state index contributed by atoms with van der Waals surface area (Å²) in [7, 11) is 0. The van der Waals surface area contributed by atoms with Crippen LogP contribution >= 0.6 is 23.8 Å². The fourth-order valence-corrected chi connectivity index (χ4v) is 2.89. The molecule has 0 aliphatic heterocycles. The maximum atomic E-state index is 13.7. The van der Waals surface area contributed by atoms with E-state index < -0.39 is 0 Å². The molecule has 3 rings (SSSR count). The summed E-state index contributed by atoms with van der Waals surface area (Å²) in [6.45, 7) is 3.53. The first-order valence-electron chi connectivity index (χ1n) is 8.07. The Bertz CT molecular complexity index is 906. The molecule has 2 aromatic heterocycles.